The zero-order chi connectivity index (χ0) is 11.7. The van der Waals surface area contributed by atoms with Crippen LogP contribution < -0.4 is 4.84 Å². The molecule has 0 aromatic heterocycles. The van der Waals surface area contributed by atoms with Crippen LogP contribution in [0.15, 0.2) is 39.3 Å². The summed E-state index contributed by atoms with van der Waals surface area (Å²) in [6.45, 7) is 0. The van der Waals surface area contributed by atoms with Crippen LogP contribution in [-0.4, -0.2) is 3.12 Å². The predicted molar refractivity (Wildman–Crippen MR) is 79.7 cm³/mol. The van der Waals surface area contributed by atoms with Gasteiger partial charge in [0.05, 0.1) is 36.8 Å². The summed E-state index contributed by atoms with van der Waals surface area (Å²) in [7, 11) is 0. The van der Waals surface area contributed by atoms with Gasteiger partial charge in [0.1, 0.15) is 0 Å². The third-order valence-electron chi connectivity index (χ3n) is 2.06. The van der Waals surface area contributed by atoms with E-state index in [1.54, 1.807) is 0 Å². The molecule has 0 fully saturated rings. The van der Waals surface area contributed by atoms with E-state index in [0.717, 1.165) is 25.5 Å². The van der Waals surface area contributed by atoms with Crippen molar-refractivity contribution in [2.75, 3.05) is 0 Å². The van der Waals surface area contributed by atoms with Crippen molar-refractivity contribution in [3.05, 3.63) is 39.3 Å². The summed E-state index contributed by atoms with van der Waals surface area (Å²) >= 11 is 13.3. The fourth-order valence-corrected chi connectivity index (χ4v) is 2.53. The number of rotatable bonds is 2. The standard InChI is InChI=1S/C10H5Br4NO/c11-8-5-6-3-1-2-4-7(6)10(9(8)12)16-15(13)14/h1-5H. The van der Waals surface area contributed by atoms with E-state index in [-0.39, 0.29) is 0 Å². The Labute approximate surface area is 127 Å². The molecule has 0 heterocycles. The van der Waals surface area contributed by atoms with E-state index in [0.29, 0.717) is 0 Å². The first-order chi connectivity index (χ1) is 7.59. The molecule has 2 aromatic rings. The van der Waals surface area contributed by atoms with Crippen LogP contribution in [0.1, 0.15) is 0 Å². The highest BCUT2D eigenvalue weighted by atomic mass is 79.9. The largest absolute Gasteiger partial charge is 0.382 e. The van der Waals surface area contributed by atoms with Crippen LogP contribution in [0, 0.1) is 0 Å². The molecule has 2 aromatic carbocycles. The average molecular weight is 475 g/mol. The Hall–Kier alpha value is 0.380. The molecule has 84 valence electrons. The van der Waals surface area contributed by atoms with Gasteiger partial charge in [-0.25, -0.2) is 0 Å². The zero-order valence-corrected chi connectivity index (χ0v) is 14.1. The van der Waals surface area contributed by atoms with Crippen molar-refractivity contribution in [3.63, 3.8) is 0 Å². The van der Waals surface area contributed by atoms with Gasteiger partial charge in [-0.15, -0.1) is 0 Å². The van der Waals surface area contributed by atoms with E-state index in [9.17, 15) is 0 Å². The molecule has 0 bridgehead atoms. The van der Waals surface area contributed by atoms with Crippen LogP contribution in [0.25, 0.3) is 10.8 Å². The van der Waals surface area contributed by atoms with E-state index in [1.807, 2.05) is 30.3 Å². The molecule has 2 nitrogen and oxygen atoms in total. The van der Waals surface area contributed by atoms with Gasteiger partial charge in [-0.2, -0.15) is 0 Å². The predicted octanol–water partition coefficient (Wildman–Crippen LogP) is 5.58. The molecule has 0 amide bonds. The van der Waals surface area contributed by atoms with Crippen LogP contribution in [0.5, 0.6) is 5.75 Å². The fourth-order valence-electron chi connectivity index (χ4n) is 1.41. The number of hydrogen-bond donors (Lipinski definition) is 0. The number of nitrogens with zero attached hydrogens (tertiary/aromatic N) is 1. The van der Waals surface area contributed by atoms with Crippen LogP contribution in [0.4, 0.5) is 0 Å². The van der Waals surface area contributed by atoms with Crippen LogP contribution >= 0.6 is 64.2 Å². The molecule has 0 unspecified atom stereocenters. The second-order valence-electron chi connectivity index (χ2n) is 3.02. The normalized spacial score (nSPS) is 11.1. The Bertz CT molecular complexity index is 529. The summed E-state index contributed by atoms with van der Waals surface area (Å²) in [6, 6.07) is 10.0. The van der Waals surface area contributed by atoms with Crippen molar-refractivity contribution < 1.29 is 4.84 Å². The Balaban J connectivity index is 2.71. The topological polar surface area (TPSA) is 12.5 Å². The summed E-state index contributed by atoms with van der Waals surface area (Å²) in [6.07, 6.45) is 0. The molecule has 0 aliphatic rings. The second-order valence-corrected chi connectivity index (χ2v) is 6.90. The molecule has 0 saturated carbocycles. The Morgan fingerprint density at radius 2 is 1.75 bits per heavy atom. The fraction of sp³-hybridized carbons (Fsp3) is 0. The Morgan fingerprint density at radius 1 is 1.06 bits per heavy atom. The molecule has 2 rings (SSSR count). The highest BCUT2D eigenvalue weighted by Gasteiger charge is 2.13. The third-order valence-corrected chi connectivity index (χ3v) is 4.29. The molecule has 0 aliphatic carbocycles. The summed E-state index contributed by atoms with van der Waals surface area (Å²) < 4.78 is 3.12. The first kappa shape index (κ1) is 12.8. The van der Waals surface area contributed by atoms with Gasteiger partial charge in [-0.05, 0) is 46.4 Å². The zero-order valence-electron chi connectivity index (χ0n) is 7.75. The monoisotopic (exact) mass is 471 g/mol. The molecule has 6 heteroatoms. The molecule has 0 N–H and O–H groups in total. The maximum absolute atomic E-state index is 5.53. The van der Waals surface area contributed by atoms with E-state index in [2.05, 4.69) is 64.2 Å². The number of hydrogen-bond acceptors (Lipinski definition) is 2. The van der Waals surface area contributed by atoms with Gasteiger partial charge < -0.3 is 4.84 Å². The smallest absolute Gasteiger partial charge is 0.173 e. The maximum Gasteiger partial charge on any atom is 0.173 e. The minimum Gasteiger partial charge on any atom is -0.382 e. The van der Waals surface area contributed by atoms with Gasteiger partial charge in [0.25, 0.3) is 0 Å². The molecule has 16 heavy (non-hydrogen) atoms. The molecule has 0 saturated heterocycles. The van der Waals surface area contributed by atoms with Gasteiger partial charge in [0.15, 0.2) is 5.75 Å². The molecular weight excluding hydrogens is 470 g/mol. The van der Waals surface area contributed by atoms with Crippen molar-refractivity contribution in [1.29, 1.82) is 0 Å². The highest BCUT2D eigenvalue weighted by Crippen LogP contribution is 2.40. The minimum atomic E-state index is 0.735. The van der Waals surface area contributed by atoms with Crippen molar-refractivity contribution in [1.82, 2.24) is 3.12 Å². The van der Waals surface area contributed by atoms with Gasteiger partial charge >= 0.3 is 0 Å². The molecule has 0 spiro atoms. The highest BCUT2D eigenvalue weighted by molar-refractivity contribution is 9.20. The maximum atomic E-state index is 5.53. The summed E-state index contributed by atoms with van der Waals surface area (Å²) in [5, 5.41) is 2.14. The first-order valence-electron chi connectivity index (χ1n) is 4.26. The lowest BCUT2D eigenvalue weighted by molar-refractivity contribution is 0.177. The number of halogens is 4. The van der Waals surface area contributed by atoms with Gasteiger partial charge in [-0.3, -0.25) is 0 Å². The summed E-state index contributed by atoms with van der Waals surface area (Å²) in [5.74, 6) is 0.735. The van der Waals surface area contributed by atoms with Crippen LogP contribution in [-0.2, 0) is 0 Å². The third kappa shape index (κ3) is 2.61. The molecule has 0 radical (unpaired) electrons. The number of fused-ring (bicyclic) bond motifs is 1. The molecular formula is C10H5Br4NO. The Kier molecular flexibility index (Phi) is 4.29. The van der Waals surface area contributed by atoms with E-state index in [4.69, 9.17) is 4.84 Å². The lowest BCUT2D eigenvalue weighted by Gasteiger charge is -2.13. The number of benzene rings is 2. The lowest BCUT2D eigenvalue weighted by atomic mass is 10.1. The first-order valence-corrected chi connectivity index (χ1v) is 7.26. The van der Waals surface area contributed by atoms with Gasteiger partial charge in [0, 0.05) is 9.86 Å². The SMILES string of the molecule is Brc1cc2ccccc2c(ON(Br)Br)c1Br. The summed E-state index contributed by atoms with van der Waals surface area (Å²) in [5.41, 5.74) is 0. The van der Waals surface area contributed by atoms with Crippen molar-refractivity contribution >= 4 is 74.9 Å². The summed E-state index contributed by atoms with van der Waals surface area (Å²) in [4.78, 5) is 5.53. The van der Waals surface area contributed by atoms with Crippen molar-refractivity contribution in [2.24, 2.45) is 0 Å². The molecule has 0 aliphatic heterocycles. The Morgan fingerprint density at radius 3 is 2.44 bits per heavy atom. The van der Waals surface area contributed by atoms with Crippen LogP contribution in [0.2, 0.25) is 0 Å². The molecule has 0 atom stereocenters. The average Bonchev–Trinajstić information content (AvgIpc) is 2.24. The lowest BCUT2D eigenvalue weighted by Crippen LogP contribution is -2.03. The minimum absolute atomic E-state index is 0.735. The second kappa shape index (κ2) is 5.35. The van der Waals surface area contributed by atoms with Crippen molar-refractivity contribution in [3.8, 4) is 5.75 Å². The quantitative estimate of drug-likeness (QED) is 0.416. The van der Waals surface area contributed by atoms with Crippen LogP contribution in [0.3, 0.4) is 0 Å². The van der Waals surface area contributed by atoms with Gasteiger partial charge in [-0.1, -0.05) is 24.3 Å². The van der Waals surface area contributed by atoms with Crippen molar-refractivity contribution in [2.45, 2.75) is 0 Å². The van der Waals surface area contributed by atoms with Gasteiger partial charge in [0.2, 0.25) is 0 Å². The van der Waals surface area contributed by atoms with E-state index in [1.165, 1.54) is 3.12 Å². The van der Waals surface area contributed by atoms with E-state index >= 15 is 0 Å². The van der Waals surface area contributed by atoms with E-state index < -0.39 is 0 Å².